The molecule has 1 aliphatic rings. The molecule has 0 saturated carbocycles. The second-order valence-electron chi connectivity index (χ2n) is 5.30. The van der Waals surface area contributed by atoms with Gasteiger partial charge in [-0.1, -0.05) is 0 Å². The highest BCUT2D eigenvalue weighted by molar-refractivity contribution is 5.95. The lowest BCUT2D eigenvalue weighted by Gasteiger charge is -2.35. The molecule has 1 amide bonds. The van der Waals surface area contributed by atoms with Crippen LogP contribution in [0, 0.1) is 6.92 Å². The SMILES string of the molecule is Cc1c(C(=O)N(CC(F)(F)F)C2CCNCC2)cnn1C. The number of piperidine rings is 1. The normalized spacial score (nSPS) is 17.0. The average molecular weight is 304 g/mol. The number of aryl methyl sites for hydroxylation is 1. The molecule has 0 aromatic carbocycles. The summed E-state index contributed by atoms with van der Waals surface area (Å²) >= 11 is 0. The first-order valence-corrected chi connectivity index (χ1v) is 6.86. The van der Waals surface area contributed by atoms with Crippen LogP contribution in [0.5, 0.6) is 0 Å². The fourth-order valence-electron chi connectivity index (χ4n) is 2.54. The Labute approximate surface area is 121 Å². The Balaban J connectivity index is 2.25. The van der Waals surface area contributed by atoms with E-state index in [-0.39, 0.29) is 11.6 Å². The summed E-state index contributed by atoms with van der Waals surface area (Å²) in [6.45, 7) is 1.70. The zero-order chi connectivity index (χ0) is 15.6. The van der Waals surface area contributed by atoms with E-state index in [0.29, 0.717) is 31.6 Å². The van der Waals surface area contributed by atoms with E-state index < -0.39 is 18.6 Å². The van der Waals surface area contributed by atoms with E-state index in [4.69, 9.17) is 0 Å². The molecule has 1 N–H and O–H groups in total. The Bertz CT molecular complexity index is 506. The van der Waals surface area contributed by atoms with Crippen molar-refractivity contribution >= 4 is 5.91 Å². The van der Waals surface area contributed by atoms with Gasteiger partial charge in [0, 0.05) is 18.8 Å². The molecule has 2 heterocycles. The molecule has 0 atom stereocenters. The topological polar surface area (TPSA) is 50.2 Å². The average Bonchev–Trinajstić information content (AvgIpc) is 2.76. The molecule has 118 valence electrons. The quantitative estimate of drug-likeness (QED) is 0.920. The standard InChI is InChI=1S/C13H19F3N4O/c1-9-11(7-18-19(9)2)12(21)20(8-13(14,15)16)10-3-5-17-6-4-10/h7,10,17H,3-6,8H2,1-2H3. The third-order valence-electron chi connectivity index (χ3n) is 3.83. The van der Waals surface area contributed by atoms with Crippen molar-refractivity contribution in [1.29, 1.82) is 0 Å². The first kappa shape index (κ1) is 15.8. The van der Waals surface area contributed by atoms with E-state index in [1.807, 2.05) is 0 Å². The number of halogens is 3. The third-order valence-corrected chi connectivity index (χ3v) is 3.83. The highest BCUT2D eigenvalue weighted by Crippen LogP contribution is 2.24. The van der Waals surface area contributed by atoms with Gasteiger partial charge >= 0.3 is 6.18 Å². The monoisotopic (exact) mass is 304 g/mol. The fourth-order valence-corrected chi connectivity index (χ4v) is 2.54. The summed E-state index contributed by atoms with van der Waals surface area (Å²) in [7, 11) is 1.66. The van der Waals surface area contributed by atoms with E-state index in [2.05, 4.69) is 10.4 Å². The number of nitrogens with one attached hydrogen (secondary N) is 1. The van der Waals surface area contributed by atoms with E-state index >= 15 is 0 Å². The molecule has 1 aliphatic heterocycles. The maximum absolute atomic E-state index is 12.8. The number of hydrogen-bond donors (Lipinski definition) is 1. The molecule has 5 nitrogen and oxygen atoms in total. The summed E-state index contributed by atoms with van der Waals surface area (Å²) in [6, 6.07) is -0.389. The minimum atomic E-state index is -4.41. The predicted octanol–water partition coefficient (Wildman–Crippen LogP) is 1.49. The van der Waals surface area contributed by atoms with Crippen LogP contribution >= 0.6 is 0 Å². The molecule has 0 aliphatic carbocycles. The van der Waals surface area contributed by atoms with Crippen LogP contribution in [-0.2, 0) is 7.05 Å². The van der Waals surface area contributed by atoms with Gasteiger partial charge in [-0.15, -0.1) is 0 Å². The summed E-state index contributed by atoms with van der Waals surface area (Å²) < 4.78 is 39.9. The zero-order valence-electron chi connectivity index (χ0n) is 12.1. The van der Waals surface area contributed by atoms with Crippen LogP contribution in [0.3, 0.4) is 0 Å². The van der Waals surface area contributed by atoms with Gasteiger partial charge in [-0.05, 0) is 32.9 Å². The molecule has 0 bridgehead atoms. The highest BCUT2D eigenvalue weighted by atomic mass is 19.4. The number of carbonyl (C=O) groups excluding carboxylic acids is 1. The Kier molecular flexibility index (Phi) is 4.55. The van der Waals surface area contributed by atoms with E-state index in [0.717, 1.165) is 4.90 Å². The molecule has 2 rings (SSSR count). The molecular weight excluding hydrogens is 285 g/mol. The smallest absolute Gasteiger partial charge is 0.326 e. The first-order chi connectivity index (χ1) is 9.79. The van der Waals surface area contributed by atoms with Crippen molar-refractivity contribution in [1.82, 2.24) is 20.0 Å². The van der Waals surface area contributed by atoms with Gasteiger partial charge in [-0.3, -0.25) is 9.48 Å². The van der Waals surface area contributed by atoms with Gasteiger partial charge in [0.1, 0.15) is 6.54 Å². The van der Waals surface area contributed by atoms with Gasteiger partial charge < -0.3 is 10.2 Å². The number of aromatic nitrogens is 2. The molecule has 21 heavy (non-hydrogen) atoms. The minimum Gasteiger partial charge on any atom is -0.326 e. The minimum absolute atomic E-state index is 0.236. The largest absolute Gasteiger partial charge is 0.406 e. The number of alkyl halides is 3. The zero-order valence-corrected chi connectivity index (χ0v) is 12.1. The van der Waals surface area contributed by atoms with Gasteiger partial charge in [0.25, 0.3) is 5.91 Å². The Morgan fingerprint density at radius 2 is 2.10 bits per heavy atom. The Morgan fingerprint density at radius 3 is 2.57 bits per heavy atom. The second kappa shape index (κ2) is 6.05. The number of rotatable bonds is 3. The summed E-state index contributed by atoms with van der Waals surface area (Å²) in [5, 5.41) is 7.03. The van der Waals surface area contributed by atoms with Crippen LogP contribution in [-0.4, -0.2) is 52.4 Å². The lowest BCUT2D eigenvalue weighted by Crippen LogP contribution is -2.49. The van der Waals surface area contributed by atoms with Crippen molar-refractivity contribution in [2.75, 3.05) is 19.6 Å². The number of amides is 1. The number of nitrogens with zero attached hydrogens (tertiary/aromatic N) is 3. The Hall–Kier alpha value is -1.57. The van der Waals surface area contributed by atoms with Crippen molar-refractivity contribution in [2.45, 2.75) is 32.0 Å². The molecule has 1 aromatic heterocycles. The van der Waals surface area contributed by atoms with Crippen LogP contribution in [0.4, 0.5) is 13.2 Å². The van der Waals surface area contributed by atoms with Gasteiger partial charge in [-0.2, -0.15) is 18.3 Å². The molecule has 0 unspecified atom stereocenters. The van der Waals surface area contributed by atoms with Crippen molar-refractivity contribution in [3.63, 3.8) is 0 Å². The summed E-state index contributed by atoms with van der Waals surface area (Å²) in [5.74, 6) is -0.593. The molecule has 1 aromatic rings. The number of hydrogen-bond acceptors (Lipinski definition) is 3. The van der Waals surface area contributed by atoms with E-state index in [1.165, 1.54) is 10.9 Å². The third kappa shape index (κ3) is 3.75. The van der Waals surface area contributed by atoms with E-state index in [9.17, 15) is 18.0 Å². The van der Waals surface area contributed by atoms with Crippen LogP contribution in [0.2, 0.25) is 0 Å². The summed E-state index contributed by atoms with van der Waals surface area (Å²) in [4.78, 5) is 13.5. The van der Waals surface area contributed by atoms with Crippen molar-refractivity contribution in [3.05, 3.63) is 17.5 Å². The van der Waals surface area contributed by atoms with Gasteiger partial charge in [0.15, 0.2) is 0 Å². The molecular formula is C13H19F3N4O. The first-order valence-electron chi connectivity index (χ1n) is 6.86. The summed E-state index contributed by atoms with van der Waals surface area (Å²) in [5.41, 5.74) is 0.807. The second-order valence-corrected chi connectivity index (χ2v) is 5.30. The maximum atomic E-state index is 12.8. The van der Waals surface area contributed by atoms with Crippen LogP contribution in [0.25, 0.3) is 0 Å². The van der Waals surface area contributed by atoms with Crippen LogP contribution in [0.15, 0.2) is 6.20 Å². The summed E-state index contributed by atoms with van der Waals surface area (Å²) in [6.07, 6.45) is -2.01. The molecule has 1 fully saturated rings. The molecule has 8 heteroatoms. The lowest BCUT2D eigenvalue weighted by molar-refractivity contribution is -0.145. The van der Waals surface area contributed by atoms with Gasteiger partial charge in [-0.25, -0.2) is 0 Å². The predicted molar refractivity (Wildman–Crippen MR) is 70.9 cm³/mol. The van der Waals surface area contributed by atoms with Crippen molar-refractivity contribution in [2.24, 2.45) is 7.05 Å². The van der Waals surface area contributed by atoms with Crippen molar-refractivity contribution in [3.8, 4) is 0 Å². The van der Waals surface area contributed by atoms with Gasteiger partial charge in [0.05, 0.1) is 11.8 Å². The number of carbonyl (C=O) groups is 1. The van der Waals surface area contributed by atoms with Crippen LogP contribution in [0.1, 0.15) is 28.9 Å². The highest BCUT2D eigenvalue weighted by Gasteiger charge is 2.37. The fraction of sp³-hybridized carbons (Fsp3) is 0.692. The van der Waals surface area contributed by atoms with Crippen molar-refractivity contribution < 1.29 is 18.0 Å². The Morgan fingerprint density at radius 1 is 1.48 bits per heavy atom. The van der Waals surface area contributed by atoms with E-state index in [1.54, 1.807) is 14.0 Å². The van der Waals surface area contributed by atoms with Crippen LogP contribution < -0.4 is 5.32 Å². The molecule has 1 saturated heterocycles. The molecule has 0 radical (unpaired) electrons. The lowest BCUT2D eigenvalue weighted by atomic mass is 10.0. The van der Waals surface area contributed by atoms with Gasteiger partial charge in [0.2, 0.25) is 0 Å². The maximum Gasteiger partial charge on any atom is 0.406 e. The molecule has 0 spiro atoms.